The number of likely N-dealkylation sites (tertiary alicyclic amines) is 1. The molecule has 2 amide bonds. The highest BCUT2D eigenvalue weighted by Gasteiger charge is 2.30. The molecule has 0 spiro atoms. The molecule has 1 aliphatic rings. The lowest BCUT2D eigenvalue weighted by atomic mass is 9.91. The molecule has 0 saturated carbocycles. The van der Waals surface area contributed by atoms with Gasteiger partial charge in [0.2, 0.25) is 0 Å². The van der Waals surface area contributed by atoms with Crippen molar-refractivity contribution in [2.24, 2.45) is 0 Å². The topological polar surface area (TPSA) is 88.5 Å². The number of aromatic nitrogens is 2. The summed E-state index contributed by atoms with van der Waals surface area (Å²) in [7, 11) is 2.12. The van der Waals surface area contributed by atoms with Crippen LogP contribution in [0.5, 0.6) is 0 Å². The molecule has 35 heavy (non-hydrogen) atoms. The molecule has 2 N–H and O–H groups in total. The highest BCUT2D eigenvalue weighted by molar-refractivity contribution is 5.95. The van der Waals surface area contributed by atoms with E-state index in [1.165, 1.54) is 11.1 Å². The zero-order chi connectivity index (χ0) is 25.2. The number of anilines is 1. The van der Waals surface area contributed by atoms with Crippen LogP contribution in [-0.4, -0.2) is 52.0 Å². The third-order valence-corrected chi connectivity index (χ3v) is 6.35. The summed E-state index contributed by atoms with van der Waals surface area (Å²) in [5.74, 6) is 0. The van der Waals surface area contributed by atoms with E-state index in [0.717, 1.165) is 30.3 Å². The molecule has 0 bridgehead atoms. The summed E-state index contributed by atoms with van der Waals surface area (Å²) in [6.45, 7) is 8.31. The van der Waals surface area contributed by atoms with Gasteiger partial charge in [-0.15, -0.1) is 0 Å². The monoisotopic (exact) mass is 477 g/mol. The number of likely N-dealkylation sites (N-methyl/N-ethyl adjacent to an activating group) is 1. The fraction of sp³-hybridized carbons (Fsp3) is 0.444. The predicted molar refractivity (Wildman–Crippen MR) is 138 cm³/mol. The summed E-state index contributed by atoms with van der Waals surface area (Å²) in [5.41, 5.74) is 2.41. The van der Waals surface area contributed by atoms with E-state index in [0.29, 0.717) is 16.9 Å². The molecule has 3 aromatic rings. The molecule has 4 rings (SSSR count). The van der Waals surface area contributed by atoms with E-state index in [1.807, 2.05) is 52.0 Å². The van der Waals surface area contributed by atoms with E-state index in [1.54, 1.807) is 12.1 Å². The van der Waals surface area contributed by atoms with Crippen LogP contribution in [0.4, 0.5) is 15.3 Å². The minimum absolute atomic E-state index is 0.123. The van der Waals surface area contributed by atoms with Crippen LogP contribution in [0.2, 0.25) is 0 Å². The van der Waals surface area contributed by atoms with Crippen molar-refractivity contribution in [3.63, 3.8) is 0 Å². The van der Waals surface area contributed by atoms with Gasteiger partial charge < -0.3 is 20.3 Å². The molecule has 8 heteroatoms. The Hall–Kier alpha value is -3.39. The molecule has 2 atom stereocenters. The van der Waals surface area contributed by atoms with Gasteiger partial charge in [-0.2, -0.15) is 9.78 Å². The van der Waals surface area contributed by atoms with Gasteiger partial charge in [-0.25, -0.2) is 9.59 Å². The lowest BCUT2D eigenvalue weighted by molar-refractivity contribution is 0.0522. The number of hydrogen-bond acceptors (Lipinski definition) is 5. The number of nitrogens with one attached hydrogen (secondary N) is 2. The van der Waals surface area contributed by atoms with Crippen LogP contribution >= 0.6 is 0 Å². The van der Waals surface area contributed by atoms with E-state index in [9.17, 15) is 9.59 Å². The summed E-state index contributed by atoms with van der Waals surface area (Å²) in [5, 5.41) is 11.3. The smallest absolute Gasteiger partial charge is 0.435 e. The Kier molecular flexibility index (Phi) is 7.12. The molecule has 8 nitrogen and oxygen atoms in total. The van der Waals surface area contributed by atoms with Crippen LogP contribution in [0.25, 0.3) is 10.9 Å². The van der Waals surface area contributed by atoms with Crippen LogP contribution in [0.15, 0.2) is 48.5 Å². The van der Waals surface area contributed by atoms with Gasteiger partial charge in [0.15, 0.2) is 0 Å². The number of nitrogens with zero attached hydrogens (tertiary/aromatic N) is 3. The van der Waals surface area contributed by atoms with Gasteiger partial charge >= 0.3 is 12.1 Å². The van der Waals surface area contributed by atoms with Crippen molar-refractivity contribution in [1.29, 1.82) is 0 Å². The van der Waals surface area contributed by atoms with E-state index in [2.05, 4.69) is 39.8 Å². The first kappa shape index (κ1) is 24.7. The minimum Gasteiger partial charge on any atom is -0.442 e. The first-order valence-corrected chi connectivity index (χ1v) is 12.2. The van der Waals surface area contributed by atoms with Gasteiger partial charge in [0.25, 0.3) is 0 Å². The van der Waals surface area contributed by atoms with Gasteiger partial charge in [0.05, 0.1) is 17.3 Å². The van der Waals surface area contributed by atoms with Crippen molar-refractivity contribution in [3.05, 3.63) is 59.8 Å². The number of benzene rings is 2. The maximum absolute atomic E-state index is 13.1. The summed E-state index contributed by atoms with van der Waals surface area (Å²) in [6.07, 6.45) is 2.83. The normalized spacial score (nSPS) is 17.7. The Morgan fingerprint density at radius 1 is 1.11 bits per heavy atom. The molecule has 1 fully saturated rings. The Morgan fingerprint density at radius 3 is 2.54 bits per heavy atom. The lowest BCUT2D eigenvalue weighted by Gasteiger charge is -2.38. The molecule has 1 aliphatic heterocycles. The minimum atomic E-state index is -0.620. The second-order valence-electron chi connectivity index (χ2n) is 10.2. The Bertz CT molecular complexity index is 1200. The number of aryl methyl sites for hydroxylation is 1. The van der Waals surface area contributed by atoms with Crippen molar-refractivity contribution in [3.8, 4) is 0 Å². The fourth-order valence-electron chi connectivity index (χ4n) is 4.68. The number of rotatable bonds is 4. The van der Waals surface area contributed by atoms with Gasteiger partial charge in [0, 0.05) is 17.1 Å². The van der Waals surface area contributed by atoms with Crippen LogP contribution in [0.3, 0.4) is 0 Å². The quantitative estimate of drug-likeness (QED) is 0.520. The van der Waals surface area contributed by atoms with Crippen molar-refractivity contribution < 1.29 is 14.3 Å². The molecular formula is C27H35N5O3. The molecule has 0 radical (unpaired) electrons. The van der Waals surface area contributed by atoms with Crippen molar-refractivity contribution in [2.75, 3.05) is 18.9 Å². The maximum Gasteiger partial charge on any atom is 0.435 e. The number of amides is 2. The zero-order valence-electron chi connectivity index (χ0n) is 21.2. The number of hydrogen-bond donors (Lipinski definition) is 2. The second kappa shape index (κ2) is 10.1. The first-order valence-electron chi connectivity index (χ1n) is 12.2. The molecule has 2 heterocycles. The Morgan fingerprint density at radius 2 is 1.86 bits per heavy atom. The van der Waals surface area contributed by atoms with Gasteiger partial charge in [0.1, 0.15) is 5.60 Å². The van der Waals surface area contributed by atoms with Crippen LogP contribution in [0, 0.1) is 6.92 Å². The SMILES string of the molecule is Cc1nn(C(=O)OC(C)(C)C)c2ccc(NC(=O)N[C@H](c3ccccc3)[C@H]3CCCCN3C)cc12. The molecule has 1 aromatic heterocycles. The van der Waals surface area contributed by atoms with Crippen LogP contribution in [0.1, 0.15) is 57.3 Å². The van der Waals surface area contributed by atoms with E-state index in [-0.39, 0.29) is 18.1 Å². The molecule has 1 saturated heterocycles. The van der Waals surface area contributed by atoms with Crippen molar-refractivity contribution in [1.82, 2.24) is 20.0 Å². The summed E-state index contributed by atoms with van der Waals surface area (Å²) >= 11 is 0. The Balaban J connectivity index is 1.53. The number of piperidine rings is 1. The largest absolute Gasteiger partial charge is 0.442 e. The zero-order valence-corrected chi connectivity index (χ0v) is 21.2. The Labute approximate surface area is 206 Å². The highest BCUT2D eigenvalue weighted by Crippen LogP contribution is 2.28. The number of carbonyl (C=O) groups is 2. The van der Waals surface area contributed by atoms with Gasteiger partial charge in [-0.05, 0) is 77.9 Å². The maximum atomic E-state index is 13.1. The average molecular weight is 478 g/mol. The summed E-state index contributed by atoms with van der Waals surface area (Å²) in [6, 6.07) is 15.3. The van der Waals surface area contributed by atoms with E-state index >= 15 is 0 Å². The standard InChI is InChI=1S/C27H35N5O3/c1-18-21-17-20(14-15-22(21)32(30-18)26(34)35-27(2,3)4)28-25(33)29-24(19-11-7-6-8-12-19)23-13-9-10-16-31(23)5/h6-8,11-12,14-15,17,23-24H,9-10,13,16H2,1-5H3,(H2,28,29,33)/t23-,24-/m1/s1. The number of carbonyl (C=O) groups excluding carboxylic acids is 2. The summed E-state index contributed by atoms with van der Waals surface area (Å²) in [4.78, 5) is 28.0. The van der Waals surface area contributed by atoms with E-state index in [4.69, 9.17) is 4.74 Å². The van der Waals surface area contributed by atoms with Crippen LogP contribution in [-0.2, 0) is 4.74 Å². The number of fused-ring (bicyclic) bond motifs is 1. The van der Waals surface area contributed by atoms with Gasteiger partial charge in [-0.3, -0.25) is 0 Å². The lowest BCUT2D eigenvalue weighted by Crippen LogP contribution is -2.47. The van der Waals surface area contributed by atoms with Crippen LogP contribution < -0.4 is 10.6 Å². The van der Waals surface area contributed by atoms with Gasteiger partial charge in [-0.1, -0.05) is 36.8 Å². The average Bonchev–Trinajstić information content (AvgIpc) is 3.14. The molecule has 0 unspecified atom stereocenters. The highest BCUT2D eigenvalue weighted by atomic mass is 16.6. The molecule has 0 aliphatic carbocycles. The van der Waals surface area contributed by atoms with Crippen molar-refractivity contribution >= 4 is 28.7 Å². The molecule has 186 valence electrons. The molecular weight excluding hydrogens is 442 g/mol. The first-order chi connectivity index (χ1) is 16.6. The van der Waals surface area contributed by atoms with Crippen molar-refractivity contribution in [2.45, 2.75) is 64.6 Å². The fourth-order valence-corrected chi connectivity index (χ4v) is 4.68. The summed E-state index contributed by atoms with van der Waals surface area (Å²) < 4.78 is 6.74. The predicted octanol–water partition coefficient (Wildman–Crippen LogP) is 5.48. The number of urea groups is 1. The second-order valence-corrected chi connectivity index (χ2v) is 10.2. The third kappa shape index (κ3) is 5.82. The number of ether oxygens (including phenoxy) is 1. The third-order valence-electron chi connectivity index (χ3n) is 6.35. The molecule has 2 aromatic carbocycles. The van der Waals surface area contributed by atoms with E-state index < -0.39 is 11.7 Å².